The maximum absolute atomic E-state index is 13.1. The van der Waals surface area contributed by atoms with Gasteiger partial charge in [0.25, 0.3) is 0 Å². The summed E-state index contributed by atoms with van der Waals surface area (Å²) in [5.74, 6) is -1.08. The van der Waals surface area contributed by atoms with Crippen molar-refractivity contribution in [3.8, 4) is 0 Å². The summed E-state index contributed by atoms with van der Waals surface area (Å²) < 4.78 is 18.1. The average Bonchev–Trinajstić information content (AvgIpc) is 2.79. The molecule has 0 fully saturated rings. The summed E-state index contributed by atoms with van der Waals surface area (Å²) in [5.41, 5.74) is 1.60. The van der Waals surface area contributed by atoms with Crippen LogP contribution in [0.4, 0.5) is 10.1 Å². The smallest absolute Gasteiger partial charge is 0.339 e. The molecule has 1 aromatic carbocycles. The van der Waals surface area contributed by atoms with Gasteiger partial charge in [0.05, 0.1) is 12.8 Å². The van der Waals surface area contributed by atoms with Crippen LogP contribution in [0.5, 0.6) is 0 Å². The molecule has 4 nitrogen and oxygen atoms in total. The third kappa shape index (κ3) is 2.51. The Bertz CT molecular complexity index is 577. The summed E-state index contributed by atoms with van der Waals surface area (Å²) in [6.45, 7) is 2.03. The van der Waals surface area contributed by atoms with Gasteiger partial charge in [-0.1, -0.05) is 6.07 Å². The summed E-state index contributed by atoms with van der Waals surface area (Å²) in [4.78, 5) is 10.9. The number of carboxylic acid groups (broad SMARTS) is 1. The van der Waals surface area contributed by atoms with Crippen molar-refractivity contribution in [1.82, 2.24) is 0 Å². The van der Waals surface area contributed by atoms with Gasteiger partial charge in [-0.05, 0) is 30.7 Å². The molecule has 0 bridgehead atoms. The van der Waals surface area contributed by atoms with E-state index in [1.165, 1.54) is 24.5 Å². The second-order valence-electron chi connectivity index (χ2n) is 3.88. The van der Waals surface area contributed by atoms with Crippen molar-refractivity contribution in [2.75, 3.05) is 5.32 Å². The number of anilines is 1. The fourth-order valence-corrected chi connectivity index (χ4v) is 1.63. The van der Waals surface area contributed by atoms with Crippen molar-refractivity contribution in [3.05, 3.63) is 53.2 Å². The number of benzene rings is 1. The zero-order valence-corrected chi connectivity index (χ0v) is 9.74. The quantitative estimate of drug-likeness (QED) is 0.874. The molecule has 1 aromatic heterocycles. The molecular weight excluding hydrogens is 237 g/mol. The van der Waals surface area contributed by atoms with E-state index in [0.717, 1.165) is 5.56 Å². The molecule has 94 valence electrons. The molecule has 0 amide bonds. The van der Waals surface area contributed by atoms with Gasteiger partial charge in [0.15, 0.2) is 0 Å². The zero-order chi connectivity index (χ0) is 13.1. The number of hydrogen-bond acceptors (Lipinski definition) is 3. The standard InChI is InChI=1S/C13H12FNO3/c1-8-2-3-9(14)6-11(8)15-7-12-10(13(16)17)4-5-18-12/h2-6,15H,7H2,1H3,(H,16,17). The van der Waals surface area contributed by atoms with Crippen molar-refractivity contribution in [3.63, 3.8) is 0 Å². The van der Waals surface area contributed by atoms with Crippen LogP contribution in [0.1, 0.15) is 21.7 Å². The number of aryl methyl sites for hydroxylation is 1. The molecule has 18 heavy (non-hydrogen) atoms. The van der Waals surface area contributed by atoms with Crippen LogP contribution in [0, 0.1) is 12.7 Å². The second kappa shape index (κ2) is 4.91. The van der Waals surface area contributed by atoms with Crippen LogP contribution in [0.3, 0.4) is 0 Å². The molecule has 2 N–H and O–H groups in total. The maximum Gasteiger partial charge on any atom is 0.339 e. The van der Waals surface area contributed by atoms with E-state index < -0.39 is 5.97 Å². The highest BCUT2D eigenvalue weighted by molar-refractivity contribution is 5.88. The first-order valence-electron chi connectivity index (χ1n) is 5.37. The summed E-state index contributed by atoms with van der Waals surface area (Å²) in [6.07, 6.45) is 1.32. The van der Waals surface area contributed by atoms with Gasteiger partial charge in [0.1, 0.15) is 17.1 Å². The highest BCUT2D eigenvalue weighted by Gasteiger charge is 2.13. The van der Waals surface area contributed by atoms with Crippen LogP contribution in [0.15, 0.2) is 34.9 Å². The van der Waals surface area contributed by atoms with Gasteiger partial charge in [-0.25, -0.2) is 9.18 Å². The van der Waals surface area contributed by atoms with Crippen LogP contribution >= 0.6 is 0 Å². The Labute approximate surface area is 103 Å². The lowest BCUT2D eigenvalue weighted by atomic mass is 10.2. The van der Waals surface area contributed by atoms with E-state index in [-0.39, 0.29) is 17.9 Å². The molecule has 0 radical (unpaired) electrons. The van der Waals surface area contributed by atoms with Crippen molar-refractivity contribution < 1.29 is 18.7 Å². The van der Waals surface area contributed by atoms with Crippen molar-refractivity contribution >= 4 is 11.7 Å². The lowest BCUT2D eigenvalue weighted by molar-refractivity contribution is 0.0694. The minimum absolute atomic E-state index is 0.108. The molecule has 0 saturated heterocycles. The molecule has 0 spiro atoms. The Morgan fingerprint density at radius 3 is 2.94 bits per heavy atom. The largest absolute Gasteiger partial charge is 0.478 e. The highest BCUT2D eigenvalue weighted by atomic mass is 19.1. The minimum atomic E-state index is -1.04. The van der Waals surface area contributed by atoms with Crippen molar-refractivity contribution in [2.24, 2.45) is 0 Å². The van der Waals surface area contributed by atoms with Crippen molar-refractivity contribution in [2.45, 2.75) is 13.5 Å². The Hall–Kier alpha value is -2.30. The van der Waals surface area contributed by atoms with Crippen LogP contribution in [0.25, 0.3) is 0 Å². The van der Waals surface area contributed by atoms with Gasteiger partial charge in [-0.2, -0.15) is 0 Å². The van der Waals surface area contributed by atoms with E-state index in [1.54, 1.807) is 6.07 Å². The SMILES string of the molecule is Cc1ccc(F)cc1NCc1occc1C(=O)O. The molecule has 2 aromatic rings. The number of carboxylic acids is 1. The maximum atomic E-state index is 13.1. The number of furan rings is 1. The number of carbonyl (C=O) groups is 1. The van der Waals surface area contributed by atoms with Crippen LogP contribution < -0.4 is 5.32 Å². The first-order chi connectivity index (χ1) is 8.58. The zero-order valence-electron chi connectivity index (χ0n) is 9.74. The third-order valence-corrected chi connectivity index (χ3v) is 2.61. The highest BCUT2D eigenvalue weighted by Crippen LogP contribution is 2.18. The monoisotopic (exact) mass is 249 g/mol. The summed E-state index contributed by atoms with van der Waals surface area (Å²) in [7, 11) is 0. The van der Waals surface area contributed by atoms with Gasteiger partial charge in [-0.15, -0.1) is 0 Å². The molecule has 0 unspecified atom stereocenters. The number of halogens is 1. The van der Waals surface area contributed by atoms with Gasteiger partial charge in [0, 0.05) is 5.69 Å². The Morgan fingerprint density at radius 1 is 1.44 bits per heavy atom. The Morgan fingerprint density at radius 2 is 2.22 bits per heavy atom. The molecule has 0 saturated carbocycles. The summed E-state index contributed by atoms with van der Waals surface area (Å²) in [5, 5.41) is 11.9. The topological polar surface area (TPSA) is 62.5 Å². The van der Waals surface area contributed by atoms with E-state index >= 15 is 0 Å². The van der Waals surface area contributed by atoms with E-state index in [0.29, 0.717) is 11.4 Å². The van der Waals surface area contributed by atoms with E-state index in [4.69, 9.17) is 9.52 Å². The summed E-state index contributed by atoms with van der Waals surface area (Å²) in [6, 6.07) is 5.77. The molecule has 0 aliphatic heterocycles. The number of nitrogens with one attached hydrogen (secondary N) is 1. The molecule has 0 atom stereocenters. The van der Waals surface area contributed by atoms with E-state index in [1.807, 2.05) is 6.92 Å². The lowest BCUT2D eigenvalue weighted by Crippen LogP contribution is -2.05. The number of aromatic carboxylic acids is 1. The third-order valence-electron chi connectivity index (χ3n) is 2.61. The van der Waals surface area contributed by atoms with Gasteiger partial charge in [0.2, 0.25) is 0 Å². The fourth-order valence-electron chi connectivity index (χ4n) is 1.63. The van der Waals surface area contributed by atoms with Crippen molar-refractivity contribution in [1.29, 1.82) is 0 Å². The molecule has 0 aliphatic carbocycles. The number of rotatable bonds is 4. The van der Waals surface area contributed by atoms with Crippen LogP contribution in [0.2, 0.25) is 0 Å². The Kier molecular flexibility index (Phi) is 3.32. The lowest BCUT2D eigenvalue weighted by Gasteiger charge is -2.08. The molecule has 5 heteroatoms. The Balaban J connectivity index is 2.14. The van der Waals surface area contributed by atoms with Gasteiger partial charge >= 0.3 is 5.97 Å². The molecule has 0 aliphatic rings. The molecule has 2 rings (SSSR count). The predicted octanol–water partition coefficient (Wildman–Crippen LogP) is 3.04. The number of hydrogen-bond donors (Lipinski definition) is 2. The fraction of sp³-hybridized carbons (Fsp3) is 0.154. The van der Waals surface area contributed by atoms with Gasteiger partial charge < -0.3 is 14.8 Å². The average molecular weight is 249 g/mol. The molecular formula is C13H12FNO3. The summed E-state index contributed by atoms with van der Waals surface area (Å²) >= 11 is 0. The minimum Gasteiger partial charge on any atom is -0.478 e. The van der Waals surface area contributed by atoms with Crippen LogP contribution in [-0.2, 0) is 6.54 Å². The first-order valence-corrected chi connectivity index (χ1v) is 5.37. The van der Waals surface area contributed by atoms with Gasteiger partial charge in [-0.3, -0.25) is 0 Å². The normalized spacial score (nSPS) is 10.3. The molecule has 1 heterocycles. The first kappa shape index (κ1) is 12.2. The van der Waals surface area contributed by atoms with E-state index in [9.17, 15) is 9.18 Å². The second-order valence-corrected chi connectivity index (χ2v) is 3.88. The predicted molar refractivity (Wildman–Crippen MR) is 64.1 cm³/mol. The van der Waals surface area contributed by atoms with Crippen LogP contribution in [-0.4, -0.2) is 11.1 Å². The van der Waals surface area contributed by atoms with E-state index in [2.05, 4.69) is 5.32 Å².